The number of nitrogens with zero attached hydrogens (tertiary/aromatic N) is 1. The summed E-state index contributed by atoms with van der Waals surface area (Å²) < 4.78 is 4.95. The van der Waals surface area contributed by atoms with Gasteiger partial charge in [-0.05, 0) is 12.8 Å². The number of nitrogens with one attached hydrogen (secondary N) is 1. The van der Waals surface area contributed by atoms with Crippen molar-refractivity contribution in [1.82, 2.24) is 10.5 Å². The van der Waals surface area contributed by atoms with Crippen molar-refractivity contribution in [2.75, 3.05) is 6.54 Å². The zero-order valence-corrected chi connectivity index (χ0v) is 9.08. The Morgan fingerprint density at radius 1 is 1.57 bits per heavy atom. The summed E-state index contributed by atoms with van der Waals surface area (Å²) in [6.45, 7) is 7.65. The lowest BCUT2D eigenvalue weighted by Gasteiger charge is -2.15. The fraction of sp³-hybridized carbons (Fsp3) is 0.700. The van der Waals surface area contributed by atoms with Gasteiger partial charge < -0.3 is 15.6 Å². The Kier molecular flexibility index (Phi) is 4.10. The number of aromatic nitrogens is 1. The van der Waals surface area contributed by atoms with Gasteiger partial charge in [0.1, 0.15) is 5.76 Å². The van der Waals surface area contributed by atoms with Gasteiger partial charge in [-0.2, -0.15) is 0 Å². The molecule has 1 atom stereocenters. The summed E-state index contributed by atoms with van der Waals surface area (Å²) in [7, 11) is 0. The lowest BCUT2D eigenvalue weighted by atomic mass is 10.1. The maximum Gasteiger partial charge on any atom is 0.133 e. The van der Waals surface area contributed by atoms with E-state index in [1.54, 1.807) is 0 Å². The minimum absolute atomic E-state index is 0.197. The third kappa shape index (κ3) is 3.47. The Labute approximate surface area is 84.8 Å². The minimum Gasteiger partial charge on any atom is -0.361 e. The Morgan fingerprint density at radius 2 is 2.29 bits per heavy atom. The van der Waals surface area contributed by atoms with Crippen LogP contribution in [-0.4, -0.2) is 17.7 Å². The van der Waals surface area contributed by atoms with E-state index in [1.807, 2.05) is 13.0 Å². The van der Waals surface area contributed by atoms with E-state index in [9.17, 15) is 0 Å². The van der Waals surface area contributed by atoms with Gasteiger partial charge in [-0.1, -0.05) is 19.0 Å². The second kappa shape index (κ2) is 5.12. The molecule has 1 aromatic heterocycles. The summed E-state index contributed by atoms with van der Waals surface area (Å²) in [5.74, 6) is 1.34. The molecule has 1 heterocycles. The lowest BCUT2D eigenvalue weighted by molar-refractivity contribution is 0.385. The maximum absolute atomic E-state index is 5.88. The predicted octanol–water partition coefficient (Wildman–Crippen LogP) is 1.06. The standard InChI is InChI=1S/C10H19N3O/c1-7(2)10(11)6-12-5-9-4-8(3)14-13-9/h4,7,10,12H,5-6,11H2,1-3H3. The van der Waals surface area contributed by atoms with E-state index in [2.05, 4.69) is 24.3 Å². The molecular weight excluding hydrogens is 178 g/mol. The molecule has 0 saturated carbocycles. The van der Waals surface area contributed by atoms with Gasteiger partial charge in [-0.3, -0.25) is 0 Å². The summed E-state index contributed by atoms with van der Waals surface area (Å²) in [5.41, 5.74) is 6.81. The van der Waals surface area contributed by atoms with Crippen LogP contribution >= 0.6 is 0 Å². The number of hydrogen-bond donors (Lipinski definition) is 2. The third-order valence-electron chi connectivity index (χ3n) is 2.22. The zero-order chi connectivity index (χ0) is 10.6. The Hall–Kier alpha value is -0.870. The highest BCUT2D eigenvalue weighted by molar-refractivity contribution is 5.02. The fourth-order valence-corrected chi connectivity index (χ4v) is 1.10. The van der Waals surface area contributed by atoms with Crippen molar-refractivity contribution in [3.05, 3.63) is 17.5 Å². The second-order valence-electron chi connectivity index (χ2n) is 3.97. The second-order valence-corrected chi connectivity index (χ2v) is 3.97. The molecule has 1 aromatic rings. The molecule has 3 N–H and O–H groups in total. The first kappa shape index (κ1) is 11.2. The summed E-state index contributed by atoms with van der Waals surface area (Å²) in [6, 6.07) is 2.12. The molecular formula is C10H19N3O. The van der Waals surface area contributed by atoms with Gasteiger partial charge >= 0.3 is 0 Å². The largest absolute Gasteiger partial charge is 0.361 e. The van der Waals surface area contributed by atoms with Crippen molar-refractivity contribution in [2.45, 2.75) is 33.4 Å². The van der Waals surface area contributed by atoms with E-state index < -0.39 is 0 Å². The molecule has 0 fully saturated rings. The number of hydrogen-bond acceptors (Lipinski definition) is 4. The molecule has 4 heteroatoms. The smallest absolute Gasteiger partial charge is 0.133 e. The van der Waals surface area contributed by atoms with Crippen LogP contribution in [0.25, 0.3) is 0 Å². The van der Waals surface area contributed by atoms with Gasteiger partial charge in [0.05, 0.1) is 5.69 Å². The molecule has 1 rings (SSSR count). The average molecular weight is 197 g/mol. The molecule has 0 amide bonds. The molecule has 0 spiro atoms. The molecule has 0 aliphatic heterocycles. The van der Waals surface area contributed by atoms with E-state index in [0.717, 1.165) is 24.5 Å². The summed E-state index contributed by atoms with van der Waals surface area (Å²) >= 11 is 0. The molecule has 0 saturated heterocycles. The lowest BCUT2D eigenvalue weighted by Crippen LogP contribution is -2.37. The summed E-state index contributed by atoms with van der Waals surface area (Å²) in [5, 5.41) is 7.13. The molecule has 14 heavy (non-hydrogen) atoms. The Bertz CT molecular complexity index is 270. The van der Waals surface area contributed by atoms with Crippen LogP contribution in [0.1, 0.15) is 25.3 Å². The van der Waals surface area contributed by atoms with Crippen molar-refractivity contribution in [1.29, 1.82) is 0 Å². The van der Waals surface area contributed by atoms with E-state index in [4.69, 9.17) is 10.3 Å². The van der Waals surface area contributed by atoms with Crippen LogP contribution in [-0.2, 0) is 6.54 Å². The summed E-state index contributed by atoms with van der Waals surface area (Å²) in [6.07, 6.45) is 0. The number of nitrogens with two attached hydrogens (primary N) is 1. The Balaban J connectivity index is 2.22. The monoisotopic (exact) mass is 197 g/mol. The van der Waals surface area contributed by atoms with Crippen LogP contribution < -0.4 is 11.1 Å². The van der Waals surface area contributed by atoms with Crippen LogP contribution in [0, 0.1) is 12.8 Å². The first-order chi connectivity index (χ1) is 6.59. The van der Waals surface area contributed by atoms with Gasteiger partial charge in [-0.15, -0.1) is 0 Å². The molecule has 0 aromatic carbocycles. The minimum atomic E-state index is 0.197. The van der Waals surface area contributed by atoms with Gasteiger partial charge in [0.25, 0.3) is 0 Å². The van der Waals surface area contributed by atoms with Gasteiger partial charge in [-0.25, -0.2) is 0 Å². The van der Waals surface area contributed by atoms with E-state index in [0.29, 0.717) is 5.92 Å². The van der Waals surface area contributed by atoms with Crippen molar-refractivity contribution < 1.29 is 4.52 Å². The van der Waals surface area contributed by atoms with E-state index in [-0.39, 0.29) is 6.04 Å². The Morgan fingerprint density at radius 3 is 2.79 bits per heavy atom. The van der Waals surface area contributed by atoms with Crippen molar-refractivity contribution >= 4 is 0 Å². The molecule has 1 unspecified atom stereocenters. The van der Waals surface area contributed by atoms with E-state index >= 15 is 0 Å². The molecule has 0 aliphatic carbocycles. The predicted molar refractivity (Wildman–Crippen MR) is 55.8 cm³/mol. The normalized spacial score (nSPS) is 13.5. The first-order valence-electron chi connectivity index (χ1n) is 4.98. The van der Waals surface area contributed by atoms with Crippen LogP contribution in [0.15, 0.2) is 10.6 Å². The topological polar surface area (TPSA) is 64.1 Å². The highest BCUT2D eigenvalue weighted by atomic mass is 16.5. The first-order valence-corrected chi connectivity index (χ1v) is 4.98. The third-order valence-corrected chi connectivity index (χ3v) is 2.22. The zero-order valence-electron chi connectivity index (χ0n) is 9.08. The van der Waals surface area contributed by atoms with E-state index in [1.165, 1.54) is 0 Å². The quantitative estimate of drug-likeness (QED) is 0.740. The average Bonchev–Trinajstić information content (AvgIpc) is 2.51. The highest BCUT2D eigenvalue weighted by Crippen LogP contribution is 2.01. The number of aryl methyl sites for hydroxylation is 1. The molecule has 0 radical (unpaired) electrons. The van der Waals surface area contributed by atoms with Gasteiger partial charge in [0, 0.05) is 25.2 Å². The SMILES string of the molecule is Cc1cc(CNCC(N)C(C)C)no1. The highest BCUT2D eigenvalue weighted by Gasteiger charge is 2.07. The van der Waals surface area contributed by atoms with Crippen LogP contribution in [0.4, 0.5) is 0 Å². The molecule has 0 aliphatic rings. The van der Waals surface area contributed by atoms with Crippen LogP contribution in [0.2, 0.25) is 0 Å². The van der Waals surface area contributed by atoms with Gasteiger partial charge in [0.15, 0.2) is 0 Å². The fourth-order valence-electron chi connectivity index (χ4n) is 1.10. The maximum atomic E-state index is 5.88. The molecule has 80 valence electrons. The van der Waals surface area contributed by atoms with Crippen molar-refractivity contribution in [3.63, 3.8) is 0 Å². The van der Waals surface area contributed by atoms with Gasteiger partial charge in [0.2, 0.25) is 0 Å². The van der Waals surface area contributed by atoms with Crippen LogP contribution in [0.5, 0.6) is 0 Å². The number of rotatable bonds is 5. The van der Waals surface area contributed by atoms with Crippen molar-refractivity contribution in [2.24, 2.45) is 11.7 Å². The summed E-state index contributed by atoms with van der Waals surface area (Å²) in [4.78, 5) is 0. The van der Waals surface area contributed by atoms with Crippen LogP contribution in [0.3, 0.4) is 0 Å². The molecule has 0 bridgehead atoms. The molecule has 4 nitrogen and oxygen atoms in total. The van der Waals surface area contributed by atoms with Crippen molar-refractivity contribution in [3.8, 4) is 0 Å².